The lowest BCUT2D eigenvalue weighted by Crippen LogP contribution is -2.13. The van der Waals surface area contributed by atoms with Gasteiger partial charge in [0.05, 0.1) is 0 Å². The molecule has 0 radical (unpaired) electrons. The fourth-order valence-electron chi connectivity index (χ4n) is 2.44. The lowest BCUT2D eigenvalue weighted by atomic mass is 10.1. The van der Waals surface area contributed by atoms with Crippen molar-refractivity contribution >= 4 is 44.4 Å². The summed E-state index contributed by atoms with van der Waals surface area (Å²) in [4.78, 5) is 12.5. The Morgan fingerprint density at radius 1 is 1.04 bits per heavy atom. The summed E-state index contributed by atoms with van der Waals surface area (Å²) in [5.41, 5.74) is 1.53. The van der Waals surface area contributed by atoms with Crippen molar-refractivity contribution in [3.63, 3.8) is 0 Å². The van der Waals surface area contributed by atoms with Gasteiger partial charge in [-0.3, -0.25) is 4.79 Å². The van der Waals surface area contributed by atoms with Gasteiger partial charge in [-0.25, -0.2) is 0 Å². The molecule has 0 spiro atoms. The largest absolute Gasteiger partial charge is 0.321 e. The van der Waals surface area contributed by atoms with E-state index >= 15 is 0 Å². The number of halogens is 1. The van der Waals surface area contributed by atoms with E-state index in [1.165, 1.54) is 0 Å². The molecular weight excluding hydrogens is 364 g/mol. The highest BCUT2D eigenvalue weighted by Gasteiger charge is 2.11. The quantitative estimate of drug-likeness (QED) is 0.507. The van der Waals surface area contributed by atoms with Gasteiger partial charge in [-0.15, -0.1) is 0 Å². The normalized spacial score (nSPS) is 11.1. The van der Waals surface area contributed by atoms with Gasteiger partial charge in [0.25, 0.3) is 5.91 Å². The number of fused-ring (bicyclic) bond motifs is 1. The second-order valence-corrected chi connectivity index (χ2v) is 6.12. The van der Waals surface area contributed by atoms with Gasteiger partial charge in [-0.2, -0.15) is 5.26 Å². The van der Waals surface area contributed by atoms with Crippen LogP contribution in [0.1, 0.15) is 5.56 Å². The third kappa shape index (κ3) is 3.53. The Kier molecular flexibility index (Phi) is 4.74. The fourth-order valence-corrected chi connectivity index (χ4v) is 2.85. The zero-order valence-corrected chi connectivity index (χ0v) is 14.2. The number of benzene rings is 3. The van der Waals surface area contributed by atoms with Crippen LogP contribution in [0.15, 0.2) is 76.8 Å². The molecule has 0 aliphatic heterocycles. The van der Waals surface area contributed by atoms with E-state index in [0.29, 0.717) is 5.69 Å². The number of hydrogen-bond donors (Lipinski definition) is 1. The molecule has 3 nitrogen and oxygen atoms in total. The number of amides is 1. The second kappa shape index (κ2) is 7.12. The first kappa shape index (κ1) is 16.0. The van der Waals surface area contributed by atoms with Crippen LogP contribution < -0.4 is 5.32 Å². The van der Waals surface area contributed by atoms with Crippen molar-refractivity contribution < 1.29 is 4.79 Å². The standard InChI is InChI=1S/C20H13BrN2O/c21-17-8-3-5-14(12-17)11-16(13-22)20(24)23-19-10-4-7-15-6-1-2-9-18(15)19/h1-12H,(H,23,24)/b16-11+. The highest BCUT2D eigenvalue weighted by Crippen LogP contribution is 2.23. The first-order chi connectivity index (χ1) is 11.7. The van der Waals surface area contributed by atoms with Gasteiger partial charge in [0.15, 0.2) is 0 Å². The second-order valence-electron chi connectivity index (χ2n) is 5.21. The maximum Gasteiger partial charge on any atom is 0.266 e. The Morgan fingerprint density at radius 2 is 1.79 bits per heavy atom. The lowest BCUT2D eigenvalue weighted by molar-refractivity contribution is -0.112. The molecule has 1 amide bonds. The number of anilines is 1. The number of carbonyl (C=O) groups excluding carboxylic acids is 1. The Hall–Kier alpha value is -2.90. The van der Waals surface area contributed by atoms with Gasteiger partial charge in [-0.1, -0.05) is 64.5 Å². The number of nitrogens with zero attached hydrogens (tertiary/aromatic N) is 1. The molecule has 24 heavy (non-hydrogen) atoms. The fraction of sp³-hybridized carbons (Fsp3) is 0. The minimum absolute atomic E-state index is 0.0565. The molecule has 3 aromatic rings. The van der Waals surface area contributed by atoms with Crippen LogP contribution in [0, 0.1) is 11.3 Å². The van der Waals surface area contributed by atoms with Crippen LogP contribution in [-0.4, -0.2) is 5.91 Å². The Balaban J connectivity index is 1.91. The van der Waals surface area contributed by atoms with E-state index in [1.807, 2.05) is 72.8 Å². The zero-order chi connectivity index (χ0) is 16.9. The number of carbonyl (C=O) groups is 1. The molecule has 3 aromatic carbocycles. The monoisotopic (exact) mass is 376 g/mol. The van der Waals surface area contributed by atoms with Crippen LogP contribution in [0.5, 0.6) is 0 Å². The van der Waals surface area contributed by atoms with E-state index in [4.69, 9.17) is 0 Å². The summed E-state index contributed by atoms with van der Waals surface area (Å²) in [5.74, 6) is -0.422. The summed E-state index contributed by atoms with van der Waals surface area (Å²) < 4.78 is 0.892. The van der Waals surface area contributed by atoms with Crippen LogP contribution in [-0.2, 0) is 4.79 Å². The molecule has 0 atom stereocenters. The smallest absolute Gasteiger partial charge is 0.266 e. The molecule has 4 heteroatoms. The van der Waals surface area contributed by atoms with E-state index in [9.17, 15) is 10.1 Å². The summed E-state index contributed by atoms with van der Waals surface area (Å²) in [6.45, 7) is 0. The number of hydrogen-bond acceptors (Lipinski definition) is 2. The van der Waals surface area contributed by atoms with E-state index in [0.717, 1.165) is 20.8 Å². The summed E-state index contributed by atoms with van der Waals surface area (Å²) in [7, 11) is 0. The van der Waals surface area contributed by atoms with Crippen LogP contribution in [0.3, 0.4) is 0 Å². The SMILES string of the molecule is N#C/C(=C\c1cccc(Br)c1)C(=O)Nc1cccc2ccccc12. The van der Waals surface area contributed by atoms with Crippen LogP contribution >= 0.6 is 15.9 Å². The van der Waals surface area contributed by atoms with Crippen LogP contribution in [0.4, 0.5) is 5.69 Å². The van der Waals surface area contributed by atoms with E-state index < -0.39 is 5.91 Å². The number of nitriles is 1. The molecule has 3 rings (SSSR count). The molecule has 0 bridgehead atoms. The zero-order valence-electron chi connectivity index (χ0n) is 12.7. The molecule has 0 unspecified atom stereocenters. The molecule has 1 N–H and O–H groups in total. The lowest BCUT2D eigenvalue weighted by Gasteiger charge is -2.08. The molecule has 0 aliphatic carbocycles. The van der Waals surface area contributed by atoms with E-state index in [-0.39, 0.29) is 5.57 Å². The van der Waals surface area contributed by atoms with Crippen LogP contribution in [0.25, 0.3) is 16.8 Å². The van der Waals surface area contributed by atoms with Crippen molar-refractivity contribution in [1.82, 2.24) is 0 Å². The number of nitrogens with one attached hydrogen (secondary N) is 1. The molecule has 0 fully saturated rings. The average molecular weight is 377 g/mol. The Morgan fingerprint density at radius 3 is 2.58 bits per heavy atom. The average Bonchev–Trinajstić information content (AvgIpc) is 2.60. The Labute approximate surface area is 148 Å². The minimum atomic E-state index is -0.422. The summed E-state index contributed by atoms with van der Waals surface area (Å²) in [5, 5.41) is 14.1. The molecule has 116 valence electrons. The highest BCUT2D eigenvalue weighted by atomic mass is 79.9. The minimum Gasteiger partial charge on any atom is -0.321 e. The highest BCUT2D eigenvalue weighted by molar-refractivity contribution is 9.10. The maximum absolute atomic E-state index is 12.5. The van der Waals surface area contributed by atoms with Gasteiger partial charge in [0.2, 0.25) is 0 Å². The van der Waals surface area contributed by atoms with Gasteiger partial charge in [0, 0.05) is 15.5 Å². The van der Waals surface area contributed by atoms with Crippen molar-refractivity contribution in [3.8, 4) is 6.07 Å². The van der Waals surface area contributed by atoms with Gasteiger partial charge < -0.3 is 5.32 Å². The van der Waals surface area contributed by atoms with Crippen LogP contribution in [0.2, 0.25) is 0 Å². The topological polar surface area (TPSA) is 52.9 Å². The van der Waals surface area contributed by atoms with Crippen molar-refractivity contribution in [1.29, 1.82) is 5.26 Å². The first-order valence-electron chi connectivity index (χ1n) is 7.34. The van der Waals surface area contributed by atoms with Gasteiger partial charge in [-0.05, 0) is 35.2 Å². The predicted molar refractivity (Wildman–Crippen MR) is 100 cm³/mol. The molecular formula is C20H13BrN2O. The summed E-state index contributed by atoms with van der Waals surface area (Å²) in [6.07, 6.45) is 1.57. The van der Waals surface area contributed by atoms with Crippen molar-refractivity contribution in [3.05, 3.63) is 82.3 Å². The molecule has 0 heterocycles. The third-order valence-electron chi connectivity index (χ3n) is 3.56. The van der Waals surface area contributed by atoms with Crippen molar-refractivity contribution in [2.24, 2.45) is 0 Å². The third-order valence-corrected chi connectivity index (χ3v) is 4.06. The Bertz CT molecular complexity index is 981. The van der Waals surface area contributed by atoms with Gasteiger partial charge in [0.1, 0.15) is 11.6 Å². The van der Waals surface area contributed by atoms with Gasteiger partial charge >= 0.3 is 0 Å². The number of rotatable bonds is 3. The van der Waals surface area contributed by atoms with E-state index in [2.05, 4.69) is 21.2 Å². The summed E-state index contributed by atoms with van der Waals surface area (Å²) >= 11 is 3.38. The predicted octanol–water partition coefficient (Wildman–Crippen LogP) is 5.15. The first-order valence-corrected chi connectivity index (χ1v) is 8.13. The molecule has 0 aromatic heterocycles. The molecule has 0 saturated carbocycles. The molecule has 0 aliphatic rings. The van der Waals surface area contributed by atoms with Crippen molar-refractivity contribution in [2.75, 3.05) is 5.32 Å². The van der Waals surface area contributed by atoms with E-state index in [1.54, 1.807) is 6.08 Å². The maximum atomic E-state index is 12.5. The summed E-state index contributed by atoms with van der Waals surface area (Å²) in [6, 6.07) is 22.9. The molecule has 0 saturated heterocycles. The van der Waals surface area contributed by atoms with Crippen molar-refractivity contribution in [2.45, 2.75) is 0 Å².